The molecule has 0 aromatic carbocycles. The highest BCUT2D eigenvalue weighted by atomic mass is 31.0. The summed E-state index contributed by atoms with van der Waals surface area (Å²) in [5.41, 5.74) is 0. The first-order valence-electron chi connectivity index (χ1n) is 5.55. The third kappa shape index (κ3) is 8.73. The molecule has 3 nitrogen and oxygen atoms in total. The van der Waals surface area contributed by atoms with E-state index in [1.807, 2.05) is 29.9 Å². The van der Waals surface area contributed by atoms with Gasteiger partial charge in [-0.3, -0.25) is 4.67 Å². The molecule has 17 heavy (non-hydrogen) atoms. The number of nitrogens with zero attached hydrogens (tertiary/aromatic N) is 1. The lowest BCUT2D eigenvalue weighted by molar-refractivity contribution is -0.107. The normalized spacial score (nSPS) is 16.0. The molecule has 3 atom stereocenters. The van der Waals surface area contributed by atoms with Crippen LogP contribution in [0.5, 0.6) is 0 Å². The molecule has 0 bridgehead atoms. The zero-order valence-corrected chi connectivity index (χ0v) is 11.6. The molecule has 0 spiro atoms. The van der Waals surface area contributed by atoms with Crippen molar-refractivity contribution in [3.05, 3.63) is 36.5 Å². The molecule has 0 aromatic rings. The summed E-state index contributed by atoms with van der Waals surface area (Å²) in [5, 5.41) is 6.97. The Balaban J connectivity index is 4.52. The van der Waals surface area contributed by atoms with Gasteiger partial charge >= 0.3 is 0 Å². The van der Waals surface area contributed by atoms with E-state index in [9.17, 15) is 4.79 Å². The predicted octanol–water partition coefficient (Wildman–Crippen LogP) is 2.62. The Morgan fingerprint density at radius 2 is 2.00 bits per heavy atom. The average Bonchev–Trinajstić information content (AvgIpc) is 2.31. The maximum atomic E-state index is 10.2. The second kappa shape index (κ2) is 10.1. The average molecular weight is 252 g/mol. The molecule has 0 aliphatic heterocycles. The van der Waals surface area contributed by atoms with Gasteiger partial charge in [-0.15, -0.1) is 0 Å². The van der Waals surface area contributed by atoms with E-state index in [2.05, 4.69) is 28.5 Å². The highest BCUT2D eigenvalue weighted by molar-refractivity contribution is 7.13. The van der Waals surface area contributed by atoms with Crippen LogP contribution in [0.4, 0.5) is 0 Å². The van der Waals surface area contributed by atoms with Gasteiger partial charge in [-0.25, -0.2) is 0 Å². The monoisotopic (exact) mass is 252 g/mol. The van der Waals surface area contributed by atoms with Crippen molar-refractivity contribution in [2.24, 2.45) is 5.92 Å². The maximum absolute atomic E-state index is 10.2. The summed E-state index contributed by atoms with van der Waals surface area (Å²) in [7, 11) is 4.61. The van der Waals surface area contributed by atoms with Gasteiger partial charge in [0.1, 0.15) is 6.29 Å². The third-order valence-corrected chi connectivity index (χ3v) is 2.74. The van der Waals surface area contributed by atoms with E-state index in [1.54, 1.807) is 6.08 Å². The standard InChI is InChI=1S/C13H21N2OP/c1-12(15(2)17)8-9-13(7-5-10-14)6-3-4-11-16/h3,5-14H,4,17H2,1-2H3/b6-3?,7-5-,9-8?,14-10?. The van der Waals surface area contributed by atoms with Gasteiger partial charge in [0.05, 0.1) is 0 Å². The van der Waals surface area contributed by atoms with E-state index in [1.165, 1.54) is 6.21 Å². The molecule has 94 valence electrons. The quantitative estimate of drug-likeness (QED) is 0.312. The zero-order chi connectivity index (χ0) is 13.1. The first-order chi connectivity index (χ1) is 8.11. The molecule has 0 saturated carbocycles. The summed E-state index contributed by atoms with van der Waals surface area (Å²) in [5.74, 6) is 0.129. The number of likely N-dealkylation sites (N-methyl/N-ethyl adjacent to an activating group) is 1. The summed E-state index contributed by atoms with van der Waals surface area (Å²) >= 11 is 0. The van der Waals surface area contributed by atoms with Crippen LogP contribution >= 0.6 is 9.39 Å². The van der Waals surface area contributed by atoms with E-state index in [-0.39, 0.29) is 5.92 Å². The van der Waals surface area contributed by atoms with Gasteiger partial charge in [0.25, 0.3) is 0 Å². The van der Waals surface area contributed by atoms with E-state index in [0.717, 1.165) is 6.29 Å². The highest BCUT2D eigenvalue weighted by Crippen LogP contribution is 2.08. The van der Waals surface area contributed by atoms with Crippen LogP contribution in [0.3, 0.4) is 0 Å². The number of nitrogens with one attached hydrogen (secondary N) is 1. The van der Waals surface area contributed by atoms with E-state index < -0.39 is 0 Å². The number of hydrogen-bond acceptors (Lipinski definition) is 3. The number of aldehydes is 1. The number of hydrogen-bond donors (Lipinski definition) is 1. The Labute approximate surface area is 106 Å². The molecule has 0 aromatic heterocycles. The molecule has 0 aliphatic rings. The Hall–Kier alpha value is -1.05. The maximum Gasteiger partial charge on any atom is 0.123 e. The summed E-state index contributed by atoms with van der Waals surface area (Å²) in [4.78, 5) is 10.2. The summed E-state index contributed by atoms with van der Waals surface area (Å²) in [6, 6.07) is 0.329. The fourth-order valence-corrected chi connectivity index (χ4v) is 1.19. The smallest absolute Gasteiger partial charge is 0.123 e. The van der Waals surface area contributed by atoms with Crippen molar-refractivity contribution < 1.29 is 4.79 Å². The van der Waals surface area contributed by atoms with Crippen LogP contribution < -0.4 is 0 Å². The minimum atomic E-state index is 0.129. The van der Waals surface area contributed by atoms with Crippen molar-refractivity contribution in [3.8, 4) is 0 Å². The SMILES string of the molecule is CC(C=CC(C=CCC=O)/C=C\C=N)N(C)P. The molecule has 3 unspecified atom stereocenters. The molecular weight excluding hydrogens is 231 g/mol. The topological polar surface area (TPSA) is 44.2 Å². The molecule has 0 heterocycles. The van der Waals surface area contributed by atoms with Crippen LogP contribution in [0.1, 0.15) is 13.3 Å². The molecule has 0 aliphatic carbocycles. The van der Waals surface area contributed by atoms with Crippen molar-refractivity contribution in [1.82, 2.24) is 4.67 Å². The lowest BCUT2D eigenvalue weighted by Crippen LogP contribution is -2.15. The lowest BCUT2D eigenvalue weighted by atomic mass is 10.1. The van der Waals surface area contributed by atoms with Crippen molar-refractivity contribution in [2.75, 3.05) is 7.05 Å². The van der Waals surface area contributed by atoms with Crippen LogP contribution in [-0.4, -0.2) is 30.3 Å². The van der Waals surface area contributed by atoms with Crippen molar-refractivity contribution in [2.45, 2.75) is 19.4 Å². The van der Waals surface area contributed by atoms with Crippen LogP contribution in [0.2, 0.25) is 0 Å². The number of rotatable bonds is 8. The summed E-state index contributed by atoms with van der Waals surface area (Å²) in [6.45, 7) is 2.09. The van der Waals surface area contributed by atoms with E-state index >= 15 is 0 Å². The molecule has 0 radical (unpaired) electrons. The first kappa shape index (κ1) is 16.0. The largest absolute Gasteiger partial charge is 0.309 e. The highest BCUT2D eigenvalue weighted by Gasteiger charge is 2.00. The van der Waals surface area contributed by atoms with Crippen LogP contribution in [0.15, 0.2) is 36.5 Å². The van der Waals surface area contributed by atoms with Crippen molar-refractivity contribution in [3.63, 3.8) is 0 Å². The predicted molar refractivity (Wildman–Crippen MR) is 77.3 cm³/mol. The third-order valence-electron chi connectivity index (χ3n) is 2.27. The van der Waals surface area contributed by atoms with Crippen molar-refractivity contribution in [1.29, 1.82) is 5.41 Å². The Kier molecular flexibility index (Phi) is 9.50. The van der Waals surface area contributed by atoms with Gasteiger partial charge in [0.2, 0.25) is 0 Å². The van der Waals surface area contributed by atoms with Gasteiger partial charge in [-0.2, -0.15) is 0 Å². The lowest BCUT2D eigenvalue weighted by Gasteiger charge is -2.15. The Morgan fingerprint density at radius 3 is 2.53 bits per heavy atom. The minimum Gasteiger partial charge on any atom is -0.309 e. The van der Waals surface area contributed by atoms with E-state index in [0.29, 0.717) is 12.5 Å². The first-order valence-corrected chi connectivity index (χ1v) is 6.06. The second-order valence-electron chi connectivity index (χ2n) is 3.75. The fourth-order valence-electron chi connectivity index (χ4n) is 1.09. The van der Waals surface area contributed by atoms with Gasteiger partial charge < -0.3 is 10.2 Å². The molecule has 4 heteroatoms. The summed E-state index contributed by atoms with van der Waals surface area (Å²) in [6.07, 6.45) is 14.1. The Morgan fingerprint density at radius 1 is 1.29 bits per heavy atom. The van der Waals surface area contributed by atoms with Gasteiger partial charge in [0, 0.05) is 24.6 Å². The molecule has 0 saturated heterocycles. The Bertz CT molecular complexity index is 309. The van der Waals surface area contributed by atoms with Crippen LogP contribution in [0, 0.1) is 11.3 Å². The fraction of sp³-hybridized carbons (Fsp3) is 0.385. The van der Waals surface area contributed by atoms with Crippen LogP contribution in [0.25, 0.3) is 0 Å². The number of allylic oxidation sites excluding steroid dienone is 5. The van der Waals surface area contributed by atoms with Gasteiger partial charge in [0.15, 0.2) is 0 Å². The molecule has 0 fully saturated rings. The van der Waals surface area contributed by atoms with Gasteiger partial charge in [-0.1, -0.05) is 39.8 Å². The number of carbonyl (C=O) groups excluding carboxylic acids is 1. The number of carbonyl (C=O) groups is 1. The zero-order valence-electron chi connectivity index (χ0n) is 10.4. The second-order valence-corrected chi connectivity index (χ2v) is 4.56. The molecule has 0 amide bonds. The molecule has 1 N–H and O–H groups in total. The van der Waals surface area contributed by atoms with Gasteiger partial charge in [-0.05, 0) is 20.0 Å². The molecular formula is C13H21N2OP. The van der Waals surface area contributed by atoms with E-state index in [4.69, 9.17) is 5.41 Å². The summed E-state index contributed by atoms with van der Waals surface area (Å²) < 4.78 is 2.03. The van der Waals surface area contributed by atoms with Crippen molar-refractivity contribution >= 4 is 21.9 Å². The van der Waals surface area contributed by atoms with Crippen LogP contribution in [-0.2, 0) is 4.79 Å². The molecule has 0 rings (SSSR count). The minimum absolute atomic E-state index is 0.129.